The van der Waals surface area contributed by atoms with Crippen molar-refractivity contribution in [3.63, 3.8) is 0 Å². The molecule has 118 valence electrons. The van der Waals surface area contributed by atoms with E-state index in [9.17, 15) is 22.9 Å². The molecule has 0 saturated heterocycles. The van der Waals surface area contributed by atoms with Crippen molar-refractivity contribution in [3.05, 3.63) is 34.1 Å². The zero-order valence-corrected chi connectivity index (χ0v) is 12.3. The fraction of sp³-hybridized carbons (Fsp3) is 0.500. The number of halogens is 1. The van der Waals surface area contributed by atoms with E-state index in [4.69, 9.17) is 5.11 Å². The highest BCUT2D eigenvalue weighted by Crippen LogP contribution is 2.24. The molecule has 1 aromatic rings. The van der Waals surface area contributed by atoms with Crippen LogP contribution in [0.3, 0.4) is 0 Å². The van der Waals surface area contributed by atoms with Crippen molar-refractivity contribution in [2.24, 2.45) is 0 Å². The number of nitrogens with zero attached hydrogens (tertiary/aromatic N) is 2. The number of aliphatic hydroxyl groups excluding tert-OH is 1. The molecule has 0 aliphatic heterocycles. The van der Waals surface area contributed by atoms with Crippen molar-refractivity contribution < 1.29 is 22.8 Å². The van der Waals surface area contributed by atoms with Crippen LogP contribution < -0.4 is 0 Å². The lowest BCUT2D eigenvalue weighted by Crippen LogP contribution is -2.35. The van der Waals surface area contributed by atoms with Crippen LogP contribution in [0.25, 0.3) is 0 Å². The van der Waals surface area contributed by atoms with Crippen LogP contribution in [0.15, 0.2) is 23.1 Å². The average Bonchev–Trinajstić information content (AvgIpc) is 2.43. The number of hydrogen-bond acceptors (Lipinski definition) is 5. The molecular weight excluding hydrogens is 303 g/mol. The Balaban J connectivity index is 3.26. The van der Waals surface area contributed by atoms with E-state index in [0.29, 0.717) is 12.5 Å². The summed E-state index contributed by atoms with van der Waals surface area (Å²) < 4.78 is 39.4. The molecule has 0 bridgehead atoms. The number of aliphatic hydroxyl groups is 1. The van der Waals surface area contributed by atoms with E-state index < -0.39 is 38.0 Å². The van der Waals surface area contributed by atoms with Crippen molar-refractivity contribution in [3.8, 4) is 0 Å². The van der Waals surface area contributed by atoms with Gasteiger partial charge in [-0.05, 0) is 12.5 Å². The number of nitro groups is 1. The summed E-state index contributed by atoms with van der Waals surface area (Å²) in [5.74, 6) is -1.06. The third-order valence-corrected chi connectivity index (χ3v) is 4.77. The number of hydrogen-bond donors (Lipinski definition) is 1. The molecule has 0 heterocycles. The van der Waals surface area contributed by atoms with Crippen LogP contribution in [0.1, 0.15) is 19.8 Å². The highest BCUT2D eigenvalue weighted by atomic mass is 32.2. The van der Waals surface area contributed by atoms with Crippen molar-refractivity contribution in [2.75, 3.05) is 19.7 Å². The molecular formula is C12H17FN2O5S. The SMILES string of the molecule is CCCCN(CCO)S(=O)(=O)c1cc([N+](=O)[O-])ccc1F. The van der Waals surface area contributed by atoms with E-state index in [1.54, 1.807) is 0 Å². The summed E-state index contributed by atoms with van der Waals surface area (Å²) in [7, 11) is -4.23. The van der Waals surface area contributed by atoms with Crippen molar-refractivity contribution >= 4 is 15.7 Å². The van der Waals surface area contributed by atoms with Gasteiger partial charge in [-0.15, -0.1) is 0 Å². The first-order valence-corrected chi connectivity index (χ1v) is 7.83. The maximum atomic E-state index is 13.8. The minimum atomic E-state index is -4.23. The summed E-state index contributed by atoms with van der Waals surface area (Å²) in [4.78, 5) is 9.15. The van der Waals surface area contributed by atoms with Gasteiger partial charge in [-0.25, -0.2) is 12.8 Å². The predicted octanol–water partition coefficient (Wildman–Crippen LogP) is 1.52. The summed E-state index contributed by atoms with van der Waals surface area (Å²) in [6, 6.07) is 2.35. The van der Waals surface area contributed by atoms with E-state index >= 15 is 0 Å². The van der Waals surface area contributed by atoms with Gasteiger partial charge in [0.25, 0.3) is 5.69 Å². The van der Waals surface area contributed by atoms with E-state index in [-0.39, 0.29) is 13.1 Å². The number of non-ortho nitro benzene ring substituents is 1. The molecule has 0 aliphatic rings. The van der Waals surface area contributed by atoms with Gasteiger partial charge in [0.2, 0.25) is 10.0 Å². The highest BCUT2D eigenvalue weighted by molar-refractivity contribution is 7.89. The van der Waals surface area contributed by atoms with Gasteiger partial charge in [0.15, 0.2) is 0 Å². The topological polar surface area (TPSA) is 101 Å². The van der Waals surface area contributed by atoms with Crippen LogP contribution in [0, 0.1) is 15.9 Å². The second-order valence-corrected chi connectivity index (χ2v) is 6.26. The van der Waals surface area contributed by atoms with Crippen molar-refractivity contribution in [1.82, 2.24) is 4.31 Å². The molecule has 21 heavy (non-hydrogen) atoms. The summed E-state index contributed by atoms with van der Waals surface area (Å²) in [6.45, 7) is 1.36. The molecule has 7 nitrogen and oxygen atoms in total. The first-order chi connectivity index (χ1) is 9.84. The monoisotopic (exact) mass is 320 g/mol. The van der Waals surface area contributed by atoms with Gasteiger partial charge in [0, 0.05) is 25.2 Å². The first kappa shape index (κ1) is 17.5. The number of unbranched alkanes of at least 4 members (excludes halogenated alkanes) is 1. The van der Waals surface area contributed by atoms with Crippen LogP contribution in [-0.4, -0.2) is 42.4 Å². The zero-order valence-electron chi connectivity index (χ0n) is 11.5. The fourth-order valence-electron chi connectivity index (χ4n) is 1.74. The van der Waals surface area contributed by atoms with Gasteiger partial charge in [0.05, 0.1) is 11.5 Å². The number of rotatable bonds is 8. The van der Waals surface area contributed by atoms with Crippen LogP contribution in [0.5, 0.6) is 0 Å². The Labute approximate surface area is 122 Å². The lowest BCUT2D eigenvalue weighted by molar-refractivity contribution is -0.385. The Morgan fingerprint density at radius 3 is 2.57 bits per heavy atom. The van der Waals surface area contributed by atoms with Crippen LogP contribution in [0.2, 0.25) is 0 Å². The molecule has 0 radical (unpaired) electrons. The zero-order chi connectivity index (χ0) is 16.0. The lowest BCUT2D eigenvalue weighted by Gasteiger charge is -2.21. The maximum absolute atomic E-state index is 13.8. The second kappa shape index (κ2) is 7.43. The van der Waals surface area contributed by atoms with Gasteiger partial charge in [0.1, 0.15) is 10.7 Å². The summed E-state index contributed by atoms with van der Waals surface area (Å²) in [5, 5.41) is 19.6. The summed E-state index contributed by atoms with van der Waals surface area (Å²) in [5.41, 5.74) is -0.505. The predicted molar refractivity (Wildman–Crippen MR) is 73.8 cm³/mol. The van der Waals surface area contributed by atoms with E-state index in [1.807, 2.05) is 6.92 Å². The van der Waals surface area contributed by atoms with Gasteiger partial charge < -0.3 is 5.11 Å². The Morgan fingerprint density at radius 2 is 2.05 bits per heavy atom. The quantitative estimate of drug-likeness (QED) is 0.578. The molecule has 0 spiro atoms. The molecule has 0 unspecified atom stereocenters. The average molecular weight is 320 g/mol. The molecule has 0 amide bonds. The Morgan fingerprint density at radius 1 is 1.38 bits per heavy atom. The molecule has 9 heteroatoms. The summed E-state index contributed by atoms with van der Waals surface area (Å²) >= 11 is 0. The Bertz CT molecular complexity index is 606. The number of sulfonamides is 1. The van der Waals surface area contributed by atoms with Crippen LogP contribution >= 0.6 is 0 Å². The number of benzene rings is 1. The Kier molecular flexibility index (Phi) is 6.19. The Hall–Kier alpha value is -1.58. The molecule has 0 atom stereocenters. The van der Waals surface area contributed by atoms with Gasteiger partial charge in [-0.3, -0.25) is 10.1 Å². The lowest BCUT2D eigenvalue weighted by atomic mass is 10.3. The molecule has 0 fully saturated rings. The molecule has 0 saturated carbocycles. The maximum Gasteiger partial charge on any atom is 0.270 e. The smallest absolute Gasteiger partial charge is 0.270 e. The van der Waals surface area contributed by atoms with Gasteiger partial charge in [-0.1, -0.05) is 13.3 Å². The molecule has 0 aliphatic carbocycles. The molecule has 0 aromatic heterocycles. The third kappa shape index (κ3) is 4.19. The van der Waals surface area contributed by atoms with Crippen LogP contribution in [0.4, 0.5) is 10.1 Å². The minimum Gasteiger partial charge on any atom is -0.395 e. The van der Waals surface area contributed by atoms with E-state index in [1.165, 1.54) is 0 Å². The normalized spacial score (nSPS) is 11.8. The van der Waals surface area contributed by atoms with Gasteiger partial charge in [-0.2, -0.15) is 4.31 Å². The minimum absolute atomic E-state index is 0.113. The fourth-order valence-corrected chi connectivity index (χ4v) is 3.29. The van der Waals surface area contributed by atoms with E-state index in [2.05, 4.69) is 0 Å². The van der Waals surface area contributed by atoms with Crippen molar-refractivity contribution in [1.29, 1.82) is 0 Å². The standard InChI is InChI=1S/C12H17FN2O5S/c1-2-3-6-14(7-8-16)21(19,20)12-9-10(15(17)18)4-5-11(12)13/h4-5,9,16H,2-3,6-8H2,1H3. The first-order valence-electron chi connectivity index (χ1n) is 6.39. The molecule has 1 aromatic carbocycles. The third-order valence-electron chi connectivity index (χ3n) is 2.85. The molecule has 1 N–H and O–H groups in total. The summed E-state index contributed by atoms with van der Waals surface area (Å²) in [6.07, 6.45) is 1.25. The number of nitro benzene ring substituents is 1. The van der Waals surface area contributed by atoms with E-state index in [0.717, 1.165) is 22.9 Å². The second-order valence-electron chi connectivity index (χ2n) is 4.35. The van der Waals surface area contributed by atoms with Crippen LogP contribution in [-0.2, 0) is 10.0 Å². The highest BCUT2D eigenvalue weighted by Gasteiger charge is 2.28. The largest absolute Gasteiger partial charge is 0.395 e. The van der Waals surface area contributed by atoms with Crippen molar-refractivity contribution in [2.45, 2.75) is 24.7 Å². The molecule has 1 rings (SSSR count). The van der Waals surface area contributed by atoms with Gasteiger partial charge >= 0.3 is 0 Å².